The summed E-state index contributed by atoms with van der Waals surface area (Å²) in [5.74, 6) is 0.528. The third kappa shape index (κ3) is 4.88. The number of fused-ring (bicyclic) bond motifs is 2. The van der Waals surface area contributed by atoms with E-state index in [9.17, 15) is 9.18 Å². The van der Waals surface area contributed by atoms with E-state index in [0.717, 1.165) is 57.5 Å². The van der Waals surface area contributed by atoms with Crippen molar-refractivity contribution in [2.75, 3.05) is 26.3 Å². The van der Waals surface area contributed by atoms with Crippen LogP contribution in [-0.4, -0.2) is 69.4 Å². The summed E-state index contributed by atoms with van der Waals surface area (Å²) >= 11 is 2.01. The van der Waals surface area contributed by atoms with E-state index < -0.39 is 6.67 Å². The lowest BCUT2D eigenvalue weighted by molar-refractivity contribution is -0.121. The maximum Gasteiger partial charge on any atom is 0.227 e. The van der Waals surface area contributed by atoms with Crippen LogP contribution in [0, 0.1) is 0 Å². The number of aryl methyl sites for hydroxylation is 1. The summed E-state index contributed by atoms with van der Waals surface area (Å²) in [5, 5.41) is 4.09. The number of H-pyrrole nitrogens is 1. The number of pyridine rings is 1. The van der Waals surface area contributed by atoms with Gasteiger partial charge < -0.3 is 15.0 Å². The Morgan fingerprint density at radius 1 is 1.22 bits per heavy atom. The molecular weight excluding hydrogens is 477 g/mol. The summed E-state index contributed by atoms with van der Waals surface area (Å²) in [4.78, 5) is 27.7. The molecule has 2 unspecified atom stereocenters. The summed E-state index contributed by atoms with van der Waals surface area (Å²) in [6.07, 6.45) is 8.33. The zero-order valence-corrected chi connectivity index (χ0v) is 21.1. The van der Waals surface area contributed by atoms with E-state index in [2.05, 4.69) is 31.2 Å². The molecule has 1 aliphatic carbocycles. The summed E-state index contributed by atoms with van der Waals surface area (Å²) in [5.41, 5.74) is 4.67. The summed E-state index contributed by atoms with van der Waals surface area (Å²) in [6.45, 7) is 2.88. The lowest BCUT2D eigenvalue weighted by Crippen LogP contribution is -2.44. The number of amides is 1. The van der Waals surface area contributed by atoms with Crippen molar-refractivity contribution in [3.05, 3.63) is 59.2 Å². The van der Waals surface area contributed by atoms with Gasteiger partial charge in [0.1, 0.15) is 12.5 Å². The number of carbonyl (C=O) groups is 1. The molecule has 2 aliphatic heterocycles. The zero-order chi connectivity index (χ0) is 24.5. The number of aromatic nitrogens is 3. The Labute approximate surface area is 214 Å². The molecule has 190 valence electrons. The third-order valence-electron chi connectivity index (χ3n) is 7.77. The van der Waals surface area contributed by atoms with Gasteiger partial charge in [-0.2, -0.15) is 0 Å². The number of alkyl halides is 1. The number of halogens is 1. The molecule has 2 N–H and O–H groups in total. The number of aromatic amines is 1. The molecule has 6 rings (SSSR count). The average molecular weight is 510 g/mol. The van der Waals surface area contributed by atoms with E-state index in [1.54, 1.807) is 6.07 Å². The van der Waals surface area contributed by atoms with Crippen molar-refractivity contribution in [3.63, 3.8) is 0 Å². The quantitative estimate of drug-likeness (QED) is 0.505. The number of hydrogen-bond acceptors (Lipinski definition) is 6. The van der Waals surface area contributed by atoms with Crippen molar-refractivity contribution >= 4 is 28.7 Å². The second kappa shape index (κ2) is 10.5. The number of para-hydroxylation sites is 1. The number of carbonyl (C=O) groups excluding carboxylic acids is 1. The topological polar surface area (TPSA) is 83.1 Å². The summed E-state index contributed by atoms with van der Waals surface area (Å²) in [7, 11) is 0. The Balaban J connectivity index is 1.16. The molecule has 1 aromatic carbocycles. The Morgan fingerprint density at radius 2 is 2.11 bits per heavy atom. The Morgan fingerprint density at radius 3 is 2.97 bits per heavy atom. The molecule has 36 heavy (non-hydrogen) atoms. The van der Waals surface area contributed by atoms with E-state index in [-0.39, 0.29) is 18.4 Å². The molecule has 0 bridgehead atoms. The number of imidazole rings is 1. The zero-order valence-electron chi connectivity index (χ0n) is 20.3. The standard InChI is InChI=1S/C27H32FN5O2S/c28-13-17-2-1-3-21-27(17)32-25(30-21)12-26(34)31-22-15-33(19-7-10-35-11-8-19)16-24(22)36-23-5-4-18-14-29-9-6-20(18)23/h1-3,6,9,14,19,22-24H,4-5,7-8,10-13,15-16H2,(H,30,32)(H,31,34)/t22?,23?,24-/m0/s1. The highest BCUT2D eigenvalue weighted by molar-refractivity contribution is 8.00. The molecule has 3 atom stereocenters. The highest BCUT2D eigenvalue weighted by Gasteiger charge is 2.40. The number of benzene rings is 1. The minimum Gasteiger partial charge on any atom is -0.381 e. The number of ether oxygens (including phenoxy) is 1. The van der Waals surface area contributed by atoms with Crippen LogP contribution in [-0.2, 0) is 29.0 Å². The minimum absolute atomic E-state index is 0.0451. The van der Waals surface area contributed by atoms with Crippen LogP contribution in [0.2, 0.25) is 0 Å². The Kier molecular flexibility index (Phi) is 6.95. The van der Waals surface area contributed by atoms with E-state index in [1.807, 2.05) is 36.3 Å². The number of nitrogens with one attached hydrogen (secondary N) is 2. The summed E-state index contributed by atoms with van der Waals surface area (Å²) < 4.78 is 18.9. The van der Waals surface area contributed by atoms with Crippen LogP contribution < -0.4 is 5.32 Å². The van der Waals surface area contributed by atoms with Gasteiger partial charge in [0, 0.05) is 60.8 Å². The van der Waals surface area contributed by atoms with Crippen LogP contribution in [0.5, 0.6) is 0 Å². The van der Waals surface area contributed by atoms with Gasteiger partial charge in [-0.3, -0.25) is 14.7 Å². The van der Waals surface area contributed by atoms with E-state index >= 15 is 0 Å². The fourth-order valence-electron chi connectivity index (χ4n) is 5.93. The summed E-state index contributed by atoms with van der Waals surface area (Å²) in [6, 6.07) is 8.15. The maximum atomic E-state index is 13.3. The van der Waals surface area contributed by atoms with Crippen LogP contribution in [0.1, 0.15) is 47.0 Å². The average Bonchev–Trinajstić information content (AvgIpc) is 3.62. The molecule has 3 aliphatic rings. The van der Waals surface area contributed by atoms with Crippen LogP contribution in [0.3, 0.4) is 0 Å². The van der Waals surface area contributed by atoms with Crippen LogP contribution >= 0.6 is 11.8 Å². The molecular formula is C27H32FN5O2S. The van der Waals surface area contributed by atoms with Crippen molar-refractivity contribution in [1.82, 2.24) is 25.2 Å². The molecule has 0 saturated carbocycles. The monoisotopic (exact) mass is 509 g/mol. The normalized spacial score (nSPS) is 24.9. The highest BCUT2D eigenvalue weighted by Crippen LogP contribution is 2.45. The van der Waals surface area contributed by atoms with Crippen molar-refractivity contribution in [2.24, 2.45) is 0 Å². The van der Waals surface area contributed by atoms with Gasteiger partial charge in [-0.15, -0.1) is 11.8 Å². The second-order valence-corrected chi connectivity index (χ2v) is 11.5. The molecule has 0 spiro atoms. The number of nitrogens with zero attached hydrogens (tertiary/aromatic N) is 3. The fraction of sp³-hybridized carbons (Fsp3) is 0.519. The van der Waals surface area contributed by atoms with E-state index in [1.165, 1.54) is 11.1 Å². The van der Waals surface area contributed by atoms with Gasteiger partial charge in [-0.05, 0) is 48.9 Å². The molecule has 2 saturated heterocycles. The van der Waals surface area contributed by atoms with E-state index in [0.29, 0.717) is 33.4 Å². The first-order valence-electron chi connectivity index (χ1n) is 12.9. The molecule has 2 aromatic heterocycles. The van der Waals surface area contributed by atoms with Crippen molar-refractivity contribution in [3.8, 4) is 0 Å². The molecule has 4 heterocycles. The van der Waals surface area contributed by atoms with Gasteiger partial charge in [0.15, 0.2) is 0 Å². The molecule has 3 aromatic rings. The number of hydrogen-bond donors (Lipinski definition) is 2. The smallest absolute Gasteiger partial charge is 0.227 e. The first-order valence-corrected chi connectivity index (χ1v) is 13.8. The SMILES string of the molecule is O=C(Cc1nc2c(CF)cccc2[nH]1)NC1CN(C2CCOCC2)C[C@@H]1SC1CCc2cnccc21. The van der Waals surface area contributed by atoms with Gasteiger partial charge >= 0.3 is 0 Å². The number of thioether (sulfide) groups is 1. The maximum absolute atomic E-state index is 13.3. The molecule has 7 nitrogen and oxygen atoms in total. The predicted octanol–water partition coefficient (Wildman–Crippen LogP) is 3.74. The first-order chi connectivity index (χ1) is 17.7. The van der Waals surface area contributed by atoms with Crippen LogP contribution in [0.25, 0.3) is 11.0 Å². The lowest BCUT2D eigenvalue weighted by Gasteiger charge is -2.31. The number of rotatable bonds is 7. The lowest BCUT2D eigenvalue weighted by atomic mass is 10.1. The molecule has 9 heteroatoms. The fourth-order valence-corrected chi connectivity index (χ4v) is 7.60. The van der Waals surface area contributed by atoms with Gasteiger partial charge in [0.2, 0.25) is 5.91 Å². The van der Waals surface area contributed by atoms with Crippen molar-refractivity contribution in [2.45, 2.75) is 61.4 Å². The van der Waals surface area contributed by atoms with Gasteiger partial charge in [-0.1, -0.05) is 12.1 Å². The predicted molar refractivity (Wildman–Crippen MR) is 139 cm³/mol. The van der Waals surface area contributed by atoms with Crippen LogP contribution in [0.15, 0.2) is 36.7 Å². The molecule has 1 amide bonds. The van der Waals surface area contributed by atoms with Crippen molar-refractivity contribution < 1.29 is 13.9 Å². The number of likely N-dealkylation sites (tertiary alicyclic amines) is 1. The third-order valence-corrected chi connectivity index (χ3v) is 9.41. The van der Waals surface area contributed by atoms with Crippen molar-refractivity contribution in [1.29, 1.82) is 0 Å². The van der Waals surface area contributed by atoms with Gasteiger partial charge in [0.25, 0.3) is 0 Å². The first kappa shape index (κ1) is 23.9. The largest absolute Gasteiger partial charge is 0.381 e. The van der Waals surface area contributed by atoms with Gasteiger partial charge in [0.05, 0.1) is 23.5 Å². The van der Waals surface area contributed by atoms with Gasteiger partial charge in [-0.25, -0.2) is 9.37 Å². The Bertz CT molecular complexity index is 1230. The molecule has 0 radical (unpaired) electrons. The molecule has 2 fully saturated rings. The van der Waals surface area contributed by atoms with E-state index in [4.69, 9.17) is 4.74 Å². The minimum atomic E-state index is -0.572. The second-order valence-electron chi connectivity index (χ2n) is 10.1. The van der Waals surface area contributed by atoms with Crippen LogP contribution in [0.4, 0.5) is 4.39 Å². The highest BCUT2D eigenvalue weighted by atomic mass is 32.2. The Hall–Kier alpha value is -2.49.